The summed E-state index contributed by atoms with van der Waals surface area (Å²) in [4.78, 5) is 18.2. The van der Waals surface area contributed by atoms with Crippen LogP contribution in [0, 0.1) is 5.92 Å². The number of hydrogen-bond donors (Lipinski definition) is 1. The minimum Gasteiger partial charge on any atom is -0.466 e. The topological polar surface area (TPSA) is 53.9 Å². The Kier molecular flexibility index (Phi) is 7.50. The average molecular weight is 385 g/mol. The predicted octanol–water partition coefficient (Wildman–Crippen LogP) is 3.10. The fourth-order valence-corrected chi connectivity index (χ4v) is 3.13. The molecule has 1 aliphatic rings. The molecule has 1 N–H and O–H groups in total. The highest BCUT2D eigenvalue weighted by molar-refractivity contribution is 5.81. The van der Waals surface area contributed by atoms with E-state index in [4.69, 9.17) is 4.74 Å². The number of nitrogens with one attached hydrogen (secondary N) is 1. The minimum atomic E-state index is -4.32. The van der Waals surface area contributed by atoms with Crippen LogP contribution in [-0.4, -0.2) is 50.1 Å². The van der Waals surface area contributed by atoms with E-state index < -0.39 is 11.7 Å². The summed E-state index contributed by atoms with van der Waals surface area (Å²) in [6.07, 6.45) is -2.06. The maximum absolute atomic E-state index is 12.6. The molecule has 1 aliphatic heterocycles. The maximum atomic E-state index is 12.6. The van der Waals surface area contributed by atoms with Gasteiger partial charge in [0.2, 0.25) is 0 Å². The lowest BCUT2D eigenvalue weighted by molar-refractivity contribution is -0.149. The van der Waals surface area contributed by atoms with Gasteiger partial charge in [-0.3, -0.25) is 9.79 Å². The number of hydrogen-bond acceptors (Lipinski definition) is 3. The number of guanidine groups is 1. The van der Waals surface area contributed by atoms with E-state index in [9.17, 15) is 18.0 Å². The minimum absolute atomic E-state index is 0.160. The highest BCUT2D eigenvalue weighted by Crippen LogP contribution is 2.29. The van der Waals surface area contributed by atoms with E-state index in [1.165, 1.54) is 12.1 Å². The average Bonchev–Trinajstić information content (AvgIpc) is 2.65. The highest BCUT2D eigenvalue weighted by atomic mass is 19.4. The highest BCUT2D eigenvalue weighted by Gasteiger charge is 2.30. The van der Waals surface area contributed by atoms with Gasteiger partial charge in [-0.15, -0.1) is 0 Å². The van der Waals surface area contributed by atoms with Crippen molar-refractivity contribution >= 4 is 11.9 Å². The van der Waals surface area contributed by atoms with Crippen molar-refractivity contribution < 1.29 is 22.7 Å². The van der Waals surface area contributed by atoms with Crippen molar-refractivity contribution in [2.24, 2.45) is 10.9 Å². The van der Waals surface area contributed by atoms with Gasteiger partial charge in [-0.05, 0) is 43.9 Å². The van der Waals surface area contributed by atoms with Gasteiger partial charge < -0.3 is 15.0 Å². The van der Waals surface area contributed by atoms with Crippen molar-refractivity contribution in [3.63, 3.8) is 0 Å². The molecule has 1 atom stereocenters. The molecule has 0 bridgehead atoms. The van der Waals surface area contributed by atoms with Gasteiger partial charge in [0.15, 0.2) is 5.96 Å². The molecule has 1 aromatic carbocycles. The first-order valence-corrected chi connectivity index (χ1v) is 9.13. The van der Waals surface area contributed by atoms with Crippen LogP contribution in [0.5, 0.6) is 0 Å². The Bertz CT molecular complexity index is 645. The number of ether oxygens (including phenoxy) is 1. The lowest BCUT2D eigenvalue weighted by Gasteiger charge is -2.34. The maximum Gasteiger partial charge on any atom is 0.416 e. The van der Waals surface area contributed by atoms with E-state index in [0.29, 0.717) is 32.1 Å². The Balaban J connectivity index is 1.85. The smallest absolute Gasteiger partial charge is 0.416 e. The molecule has 1 aromatic rings. The summed E-state index contributed by atoms with van der Waals surface area (Å²) in [6, 6.07) is 5.17. The SMILES string of the molecule is CCOC(=O)C1CCCN(C(=NC)NCCc2ccc(C(F)(F)F)cc2)C1. The Morgan fingerprint density at radius 2 is 2.04 bits per heavy atom. The van der Waals surface area contributed by atoms with Gasteiger partial charge in [0.25, 0.3) is 0 Å². The first-order valence-electron chi connectivity index (χ1n) is 9.13. The predicted molar refractivity (Wildman–Crippen MR) is 97.4 cm³/mol. The molecule has 27 heavy (non-hydrogen) atoms. The molecular weight excluding hydrogens is 359 g/mol. The Labute approximate surface area is 157 Å². The molecule has 1 fully saturated rings. The van der Waals surface area contributed by atoms with Crippen molar-refractivity contribution in [1.82, 2.24) is 10.2 Å². The number of piperidine rings is 1. The van der Waals surface area contributed by atoms with Crippen LogP contribution in [0.3, 0.4) is 0 Å². The number of carbonyl (C=O) groups excluding carboxylic acids is 1. The molecule has 0 radical (unpaired) electrons. The summed E-state index contributed by atoms with van der Waals surface area (Å²) in [5.41, 5.74) is 0.169. The second kappa shape index (κ2) is 9.62. The van der Waals surface area contributed by atoms with Gasteiger partial charge in [0.05, 0.1) is 18.1 Å². The van der Waals surface area contributed by atoms with Gasteiger partial charge in [-0.1, -0.05) is 12.1 Å². The number of alkyl halides is 3. The lowest BCUT2D eigenvalue weighted by Crippen LogP contribution is -2.48. The van der Waals surface area contributed by atoms with E-state index in [2.05, 4.69) is 10.3 Å². The number of esters is 1. The summed E-state index contributed by atoms with van der Waals surface area (Å²) in [5, 5.41) is 3.23. The third-order valence-electron chi connectivity index (χ3n) is 4.53. The van der Waals surface area contributed by atoms with E-state index in [1.807, 2.05) is 4.90 Å². The molecule has 8 heteroatoms. The van der Waals surface area contributed by atoms with Crippen molar-refractivity contribution in [3.05, 3.63) is 35.4 Å². The zero-order valence-electron chi connectivity index (χ0n) is 15.7. The molecule has 1 heterocycles. The molecular formula is C19H26F3N3O2. The van der Waals surface area contributed by atoms with Crippen molar-refractivity contribution in [2.45, 2.75) is 32.4 Å². The molecule has 0 spiro atoms. The summed E-state index contributed by atoms with van der Waals surface area (Å²) in [7, 11) is 1.68. The van der Waals surface area contributed by atoms with Crippen LogP contribution in [0.4, 0.5) is 13.2 Å². The number of nitrogens with zero attached hydrogens (tertiary/aromatic N) is 2. The largest absolute Gasteiger partial charge is 0.466 e. The second-order valence-electron chi connectivity index (χ2n) is 6.46. The van der Waals surface area contributed by atoms with Crippen molar-refractivity contribution in [3.8, 4) is 0 Å². The standard InChI is InChI=1S/C19H26F3N3O2/c1-3-27-17(26)15-5-4-12-25(13-15)18(23-2)24-11-10-14-6-8-16(9-7-14)19(20,21)22/h6-9,15H,3-5,10-13H2,1-2H3,(H,23,24). The zero-order chi connectivity index (χ0) is 19.9. The summed E-state index contributed by atoms with van der Waals surface area (Å²) in [6.45, 7) is 4.06. The van der Waals surface area contributed by atoms with Gasteiger partial charge in [-0.2, -0.15) is 13.2 Å². The van der Waals surface area contributed by atoms with Crippen LogP contribution < -0.4 is 5.32 Å². The summed E-state index contributed by atoms with van der Waals surface area (Å²) in [5.74, 6) is 0.352. The Hall–Kier alpha value is -2.25. The number of likely N-dealkylation sites (tertiary alicyclic amines) is 1. The molecule has 0 saturated carbocycles. The number of benzene rings is 1. The molecule has 150 valence electrons. The molecule has 5 nitrogen and oxygen atoms in total. The molecule has 0 aromatic heterocycles. The van der Waals surface area contributed by atoms with Crippen LogP contribution >= 0.6 is 0 Å². The number of aliphatic imine (C=N–C) groups is 1. The molecule has 1 saturated heterocycles. The molecule has 2 rings (SSSR count). The van der Waals surface area contributed by atoms with Crippen LogP contribution in [0.25, 0.3) is 0 Å². The monoisotopic (exact) mass is 385 g/mol. The fourth-order valence-electron chi connectivity index (χ4n) is 3.13. The number of rotatable bonds is 5. The molecule has 0 amide bonds. The summed E-state index contributed by atoms with van der Waals surface area (Å²) < 4.78 is 42.9. The van der Waals surface area contributed by atoms with Gasteiger partial charge in [0, 0.05) is 26.7 Å². The van der Waals surface area contributed by atoms with E-state index in [-0.39, 0.29) is 11.9 Å². The Morgan fingerprint density at radius 3 is 2.63 bits per heavy atom. The fraction of sp³-hybridized carbons (Fsp3) is 0.579. The van der Waals surface area contributed by atoms with Crippen LogP contribution in [-0.2, 0) is 22.1 Å². The second-order valence-corrected chi connectivity index (χ2v) is 6.46. The van der Waals surface area contributed by atoms with E-state index >= 15 is 0 Å². The zero-order valence-corrected chi connectivity index (χ0v) is 15.7. The first kappa shape index (κ1) is 21.1. The first-order chi connectivity index (χ1) is 12.8. The summed E-state index contributed by atoms with van der Waals surface area (Å²) >= 11 is 0. The Morgan fingerprint density at radius 1 is 1.33 bits per heavy atom. The number of carbonyl (C=O) groups is 1. The molecule has 1 unspecified atom stereocenters. The normalized spacial score (nSPS) is 18.3. The lowest BCUT2D eigenvalue weighted by atomic mass is 9.98. The van der Waals surface area contributed by atoms with Crippen LogP contribution in [0.2, 0.25) is 0 Å². The van der Waals surface area contributed by atoms with E-state index in [0.717, 1.165) is 37.1 Å². The quantitative estimate of drug-likeness (QED) is 0.481. The molecule has 0 aliphatic carbocycles. The van der Waals surface area contributed by atoms with Gasteiger partial charge in [0.1, 0.15) is 0 Å². The number of halogens is 3. The third-order valence-corrected chi connectivity index (χ3v) is 4.53. The van der Waals surface area contributed by atoms with Crippen molar-refractivity contribution in [2.75, 3.05) is 33.3 Å². The van der Waals surface area contributed by atoms with Gasteiger partial charge >= 0.3 is 12.1 Å². The van der Waals surface area contributed by atoms with Crippen LogP contribution in [0.1, 0.15) is 30.9 Å². The van der Waals surface area contributed by atoms with Gasteiger partial charge in [-0.25, -0.2) is 0 Å². The third kappa shape index (κ3) is 6.15. The van der Waals surface area contributed by atoms with Crippen molar-refractivity contribution in [1.29, 1.82) is 0 Å². The van der Waals surface area contributed by atoms with Crippen LogP contribution in [0.15, 0.2) is 29.3 Å². The van der Waals surface area contributed by atoms with E-state index in [1.54, 1.807) is 14.0 Å².